The smallest absolute Gasteiger partial charge is 0.239 e. The Kier molecular flexibility index (Phi) is 6.95. The van der Waals surface area contributed by atoms with E-state index in [4.69, 9.17) is 4.74 Å². The second kappa shape index (κ2) is 8.21. The molecule has 20 heavy (non-hydrogen) atoms. The van der Waals surface area contributed by atoms with Gasteiger partial charge in [-0.25, -0.2) is 0 Å². The van der Waals surface area contributed by atoms with E-state index < -0.39 is 5.60 Å². The summed E-state index contributed by atoms with van der Waals surface area (Å²) in [5, 5.41) is 12.7. The van der Waals surface area contributed by atoms with Gasteiger partial charge in [0.1, 0.15) is 0 Å². The molecule has 0 aromatic heterocycles. The first kappa shape index (κ1) is 16.9. The molecule has 1 atom stereocenters. The number of carbonyl (C=O) groups is 2. The van der Waals surface area contributed by atoms with Gasteiger partial charge >= 0.3 is 0 Å². The minimum Gasteiger partial charge on any atom is -0.388 e. The van der Waals surface area contributed by atoms with Gasteiger partial charge in [0.25, 0.3) is 0 Å². The molecular weight excluding hydrogens is 260 g/mol. The average molecular weight is 286 g/mol. The lowest BCUT2D eigenvalue weighted by Gasteiger charge is -2.25. The van der Waals surface area contributed by atoms with Crippen LogP contribution in [0.15, 0.2) is 0 Å². The molecule has 0 spiro atoms. The Labute approximate surface area is 120 Å². The van der Waals surface area contributed by atoms with Crippen LogP contribution in [0.3, 0.4) is 0 Å². The summed E-state index contributed by atoms with van der Waals surface area (Å²) in [4.78, 5) is 25.2. The monoisotopic (exact) mass is 286 g/mol. The summed E-state index contributed by atoms with van der Waals surface area (Å²) in [5.41, 5.74) is -0.992. The van der Waals surface area contributed by atoms with E-state index in [1.807, 2.05) is 0 Å². The van der Waals surface area contributed by atoms with Gasteiger partial charge in [-0.1, -0.05) is 6.42 Å². The van der Waals surface area contributed by atoms with E-state index in [1.165, 1.54) is 0 Å². The van der Waals surface area contributed by atoms with Gasteiger partial charge in [-0.05, 0) is 19.8 Å². The van der Waals surface area contributed by atoms with Crippen molar-refractivity contribution in [3.05, 3.63) is 0 Å². The van der Waals surface area contributed by atoms with Crippen LogP contribution in [0.2, 0.25) is 0 Å². The fourth-order valence-corrected chi connectivity index (χ4v) is 2.13. The molecule has 1 heterocycles. The molecule has 1 rings (SSSR count). The van der Waals surface area contributed by atoms with Crippen molar-refractivity contribution >= 4 is 11.8 Å². The maximum atomic E-state index is 11.8. The molecule has 0 radical (unpaired) electrons. The first-order valence-electron chi connectivity index (χ1n) is 7.20. The lowest BCUT2D eigenvalue weighted by atomic mass is 10.0. The number of rotatable bonds is 7. The lowest BCUT2D eigenvalue weighted by molar-refractivity contribution is -0.135. The highest BCUT2D eigenvalue weighted by Gasteiger charge is 2.23. The molecule has 1 unspecified atom stereocenters. The van der Waals surface area contributed by atoms with Crippen LogP contribution in [-0.4, -0.2) is 60.8 Å². The molecule has 0 aliphatic carbocycles. The van der Waals surface area contributed by atoms with E-state index in [-0.39, 0.29) is 24.9 Å². The SMILES string of the molecule is COCCC(C)(O)CNC(=O)CN1CCCCCC1=O. The van der Waals surface area contributed by atoms with Gasteiger partial charge in [-0.3, -0.25) is 9.59 Å². The summed E-state index contributed by atoms with van der Waals surface area (Å²) in [6, 6.07) is 0. The Hall–Kier alpha value is -1.14. The van der Waals surface area contributed by atoms with Crippen molar-refractivity contribution in [2.75, 3.05) is 33.4 Å². The third kappa shape index (κ3) is 6.34. The number of aliphatic hydroxyl groups is 1. The number of methoxy groups -OCH3 is 1. The molecule has 116 valence electrons. The van der Waals surface area contributed by atoms with Crippen molar-refractivity contribution < 1.29 is 19.4 Å². The van der Waals surface area contributed by atoms with Crippen LogP contribution >= 0.6 is 0 Å². The highest BCUT2D eigenvalue weighted by Crippen LogP contribution is 2.11. The Morgan fingerprint density at radius 3 is 2.90 bits per heavy atom. The quantitative estimate of drug-likeness (QED) is 0.705. The summed E-state index contributed by atoms with van der Waals surface area (Å²) >= 11 is 0. The Bertz CT molecular complexity index is 331. The summed E-state index contributed by atoms with van der Waals surface area (Å²) in [7, 11) is 1.57. The maximum Gasteiger partial charge on any atom is 0.239 e. The molecule has 0 saturated carbocycles. The molecule has 1 aliphatic heterocycles. The highest BCUT2D eigenvalue weighted by atomic mass is 16.5. The molecule has 6 nitrogen and oxygen atoms in total. The van der Waals surface area contributed by atoms with Gasteiger partial charge in [0, 0.05) is 39.6 Å². The minimum absolute atomic E-state index is 0.0452. The first-order valence-corrected chi connectivity index (χ1v) is 7.20. The number of hydrogen-bond donors (Lipinski definition) is 2. The third-order valence-electron chi connectivity index (χ3n) is 3.52. The second-order valence-corrected chi connectivity index (χ2v) is 5.64. The predicted octanol–water partition coefficient (Wildman–Crippen LogP) is 0.293. The van der Waals surface area contributed by atoms with E-state index in [0.29, 0.717) is 26.0 Å². The highest BCUT2D eigenvalue weighted by molar-refractivity contribution is 5.84. The molecule has 0 aromatic carbocycles. The first-order chi connectivity index (χ1) is 9.44. The predicted molar refractivity (Wildman–Crippen MR) is 75.2 cm³/mol. The number of nitrogens with one attached hydrogen (secondary N) is 1. The number of ether oxygens (including phenoxy) is 1. The molecule has 2 amide bonds. The van der Waals surface area contributed by atoms with Crippen LogP contribution in [0.25, 0.3) is 0 Å². The van der Waals surface area contributed by atoms with Crippen molar-refractivity contribution in [2.24, 2.45) is 0 Å². The van der Waals surface area contributed by atoms with Crippen LogP contribution < -0.4 is 5.32 Å². The standard InChI is InChI=1S/C14H26N2O4/c1-14(19,7-9-20-2)11-15-12(17)10-16-8-5-3-4-6-13(16)18/h19H,3-11H2,1-2H3,(H,15,17). The van der Waals surface area contributed by atoms with Crippen LogP contribution in [0, 0.1) is 0 Å². The van der Waals surface area contributed by atoms with E-state index in [0.717, 1.165) is 19.3 Å². The van der Waals surface area contributed by atoms with E-state index in [2.05, 4.69) is 5.32 Å². The minimum atomic E-state index is -0.992. The van der Waals surface area contributed by atoms with Gasteiger partial charge in [-0.2, -0.15) is 0 Å². The number of amides is 2. The summed E-state index contributed by atoms with van der Waals surface area (Å²) in [5.74, 6) is -0.179. The van der Waals surface area contributed by atoms with Crippen molar-refractivity contribution in [3.63, 3.8) is 0 Å². The number of nitrogens with zero attached hydrogens (tertiary/aromatic N) is 1. The largest absolute Gasteiger partial charge is 0.388 e. The number of hydrogen-bond acceptors (Lipinski definition) is 4. The van der Waals surface area contributed by atoms with Crippen LogP contribution in [0.5, 0.6) is 0 Å². The molecule has 1 saturated heterocycles. The molecule has 1 aliphatic rings. The van der Waals surface area contributed by atoms with Crippen molar-refractivity contribution in [2.45, 2.75) is 44.6 Å². The molecule has 6 heteroatoms. The van der Waals surface area contributed by atoms with Gasteiger partial charge < -0.3 is 20.1 Å². The van der Waals surface area contributed by atoms with E-state index in [1.54, 1.807) is 18.9 Å². The average Bonchev–Trinajstić information content (AvgIpc) is 2.60. The summed E-state index contributed by atoms with van der Waals surface area (Å²) < 4.78 is 4.91. The van der Waals surface area contributed by atoms with Gasteiger partial charge in [-0.15, -0.1) is 0 Å². The molecule has 0 bridgehead atoms. The van der Waals surface area contributed by atoms with Gasteiger partial charge in [0.05, 0.1) is 12.1 Å². The molecule has 0 aromatic rings. The fraction of sp³-hybridized carbons (Fsp3) is 0.857. The number of likely N-dealkylation sites (tertiary alicyclic amines) is 1. The Balaban J connectivity index is 2.33. The maximum absolute atomic E-state index is 11.8. The second-order valence-electron chi connectivity index (χ2n) is 5.64. The Morgan fingerprint density at radius 1 is 1.45 bits per heavy atom. The van der Waals surface area contributed by atoms with Crippen LogP contribution in [0.1, 0.15) is 39.0 Å². The zero-order valence-corrected chi connectivity index (χ0v) is 12.5. The zero-order valence-electron chi connectivity index (χ0n) is 12.5. The molecule has 1 fully saturated rings. The van der Waals surface area contributed by atoms with Crippen molar-refractivity contribution in [3.8, 4) is 0 Å². The summed E-state index contributed by atoms with van der Waals surface area (Å²) in [6.45, 7) is 2.99. The third-order valence-corrected chi connectivity index (χ3v) is 3.52. The van der Waals surface area contributed by atoms with Crippen molar-refractivity contribution in [1.82, 2.24) is 10.2 Å². The van der Waals surface area contributed by atoms with E-state index >= 15 is 0 Å². The molecule has 2 N–H and O–H groups in total. The van der Waals surface area contributed by atoms with Crippen molar-refractivity contribution in [1.29, 1.82) is 0 Å². The lowest BCUT2D eigenvalue weighted by Crippen LogP contribution is -2.46. The van der Waals surface area contributed by atoms with Crippen LogP contribution in [-0.2, 0) is 14.3 Å². The number of carbonyl (C=O) groups excluding carboxylic acids is 2. The summed E-state index contributed by atoms with van der Waals surface area (Å²) in [6.07, 6.45) is 3.87. The fourth-order valence-electron chi connectivity index (χ4n) is 2.13. The van der Waals surface area contributed by atoms with E-state index in [9.17, 15) is 14.7 Å². The van der Waals surface area contributed by atoms with Gasteiger partial charge in [0.15, 0.2) is 0 Å². The normalized spacial score (nSPS) is 19.4. The molecular formula is C14H26N2O4. The van der Waals surface area contributed by atoms with Crippen LogP contribution in [0.4, 0.5) is 0 Å². The van der Waals surface area contributed by atoms with Gasteiger partial charge in [0.2, 0.25) is 11.8 Å². The topological polar surface area (TPSA) is 78.9 Å². The Morgan fingerprint density at radius 2 is 2.20 bits per heavy atom. The zero-order chi connectivity index (χ0) is 15.0.